The zero-order valence-electron chi connectivity index (χ0n) is 17.2. The summed E-state index contributed by atoms with van der Waals surface area (Å²) in [5.41, 5.74) is 5.85. The summed E-state index contributed by atoms with van der Waals surface area (Å²) < 4.78 is 0. The van der Waals surface area contributed by atoms with Gasteiger partial charge < -0.3 is 4.90 Å². The second-order valence-electron chi connectivity index (χ2n) is 8.17. The van der Waals surface area contributed by atoms with E-state index in [1.165, 1.54) is 22.3 Å². The fourth-order valence-electron chi connectivity index (χ4n) is 4.98. The summed E-state index contributed by atoms with van der Waals surface area (Å²) in [5, 5.41) is 0. The largest absolute Gasteiger partial charge is 0.340 e. The Morgan fingerprint density at radius 1 is 0.857 bits per heavy atom. The Bertz CT molecular complexity index is 771. The van der Waals surface area contributed by atoms with Crippen molar-refractivity contribution >= 4 is 5.91 Å². The van der Waals surface area contributed by atoms with Crippen molar-refractivity contribution in [3.05, 3.63) is 70.8 Å². The third-order valence-corrected chi connectivity index (χ3v) is 6.69. The van der Waals surface area contributed by atoms with Crippen LogP contribution in [0.4, 0.5) is 0 Å². The van der Waals surface area contributed by atoms with Crippen LogP contribution < -0.4 is 0 Å². The van der Waals surface area contributed by atoms with Crippen LogP contribution in [0.2, 0.25) is 0 Å². The smallest absolute Gasteiger partial charge is 0.225 e. The van der Waals surface area contributed by atoms with E-state index in [1.807, 2.05) is 0 Å². The van der Waals surface area contributed by atoms with Gasteiger partial charge in [-0.1, -0.05) is 62.4 Å². The molecule has 0 spiro atoms. The average Bonchev–Trinajstić information content (AvgIpc) is 2.91. The number of aryl methyl sites for hydroxylation is 2. The molecule has 2 aromatic carbocycles. The van der Waals surface area contributed by atoms with Crippen molar-refractivity contribution in [3.8, 4) is 0 Å². The summed E-state index contributed by atoms with van der Waals surface area (Å²) in [6, 6.07) is 18.2. The lowest BCUT2D eigenvalue weighted by Crippen LogP contribution is -2.51. The minimum Gasteiger partial charge on any atom is -0.340 e. The highest BCUT2D eigenvalue weighted by molar-refractivity contribution is 5.78. The second kappa shape index (κ2) is 8.48. The summed E-state index contributed by atoms with van der Waals surface area (Å²) >= 11 is 0. The van der Waals surface area contributed by atoms with E-state index >= 15 is 0 Å². The number of carbonyl (C=O) groups excluding carboxylic acids is 1. The van der Waals surface area contributed by atoms with Crippen molar-refractivity contribution in [3.63, 3.8) is 0 Å². The summed E-state index contributed by atoms with van der Waals surface area (Å²) in [5.74, 6) is 0.539. The fraction of sp³-hybridized carbons (Fsp3) is 0.480. The van der Waals surface area contributed by atoms with Gasteiger partial charge in [-0.25, -0.2) is 0 Å². The number of hydrogen-bond acceptors (Lipinski definition) is 2. The molecule has 0 bridgehead atoms. The van der Waals surface area contributed by atoms with Crippen molar-refractivity contribution in [2.45, 2.75) is 45.6 Å². The summed E-state index contributed by atoms with van der Waals surface area (Å²) in [6.07, 6.45) is 4.10. The molecule has 1 amide bonds. The lowest BCUT2D eigenvalue weighted by atomic mass is 9.92. The molecule has 0 saturated carbocycles. The van der Waals surface area contributed by atoms with Crippen molar-refractivity contribution < 1.29 is 4.79 Å². The Morgan fingerprint density at radius 2 is 1.36 bits per heavy atom. The Hall–Kier alpha value is -2.13. The van der Waals surface area contributed by atoms with Gasteiger partial charge in [0.05, 0.1) is 6.04 Å². The Kier molecular flexibility index (Phi) is 5.82. The van der Waals surface area contributed by atoms with Gasteiger partial charge in [-0.3, -0.25) is 9.69 Å². The highest BCUT2D eigenvalue weighted by atomic mass is 16.2. The minimum atomic E-state index is 0.186. The number of amides is 1. The van der Waals surface area contributed by atoms with Gasteiger partial charge >= 0.3 is 0 Å². The van der Waals surface area contributed by atoms with Gasteiger partial charge in [0.25, 0.3) is 0 Å². The zero-order chi connectivity index (χ0) is 19.5. The molecular formula is C25H32N2O. The number of fused-ring (bicyclic) bond motifs is 2. The zero-order valence-corrected chi connectivity index (χ0v) is 17.2. The van der Waals surface area contributed by atoms with Crippen LogP contribution in [0.5, 0.6) is 0 Å². The Labute approximate surface area is 169 Å². The van der Waals surface area contributed by atoms with Crippen LogP contribution in [0.25, 0.3) is 0 Å². The van der Waals surface area contributed by atoms with Crippen molar-refractivity contribution in [2.75, 3.05) is 26.2 Å². The molecule has 0 aromatic heterocycles. The quantitative estimate of drug-likeness (QED) is 0.787. The molecule has 1 fully saturated rings. The van der Waals surface area contributed by atoms with E-state index in [4.69, 9.17) is 0 Å². The number of carbonyl (C=O) groups is 1. The molecule has 2 aromatic rings. The van der Waals surface area contributed by atoms with Gasteiger partial charge in [0.15, 0.2) is 0 Å². The maximum absolute atomic E-state index is 12.8. The lowest BCUT2D eigenvalue weighted by Gasteiger charge is -2.41. The van der Waals surface area contributed by atoms with E-state index < -0.39 is 0 Å². The highest BCUT2D eigenvalue weighted by Crippen LogP contribution is 2.37. The first-order valence-corrected chi connectivity index (χ1v) is 10.9. The van der Waals surface area contributed by atoms with Gasteiger partial charge in [0.1, 0.15) is 0 Å². The van der Waals surface area contributed by atoms with Crippen molar-refractivity contribution in [2.24, 2.45) is 5.92 Å². The molecule has 1 saturated heterocycles. The topological polar surface area (TPSA) is 23.6 Å². The molecule has 0 atom stereocenters. The Balaban J connectivity index is 1.59. The van der Waals surface area contributed by atoms with Crippen LogP contribution >= 0.6 is 0 Å². The van der Waals surface area contributed by atoms with Gasteiger partial charge in [-0.05, 0) is 47.9 Å². The first kappa shape index (κ1) is 19.2. The van der Waals surface area contributed by atoms with Crippen LogP contribution in [0.3, 0.4) is 0 Å². The van der Waals surface area contributed by atoms with Crippen molar-refractivity contribution in [1.29, 1.82) is 0 Å². The van der Waals surface area contributed by atoms with Gasteiger partial charge in [-0.2, -0.15) is 0 Å². The van der Waals surface area contributed by atoms with E-state index in [1.54, 1.807) is 0 Å². The number of nitrogens with zero attached hydrogens (tertiary/aromatic N) is 2. The average molecular weight is 377 g/mol. The summed E-state index contributed by atoms with van der Waals surface area (Å²) in [4.78, 5) is 17.5. The first-order chi connectivity index (χ1) is 13.7. The number of hydrogen-bond donors (Lipinski definition) is 0. The fourth-order valence-corrected chi connectivity index (χ4v) is 4.98. The molecule has 3 nitrogen and oxygen atoms in total. The van der Waals surface area contributed by atoms with Crippen LogP contribution in [0, 0.1) is 5.92 Å². The monoisotopic (exact) mass is 376 g/mol. The number of benzene rings is 2. The lowest BCUT2D eigenvalue weighted by molar-refractivity contribution is -0.137. The minimum absolute atomic E-state index is 0.186. The molecule has 1 aliphatic carbocycles. The van der Waals surface area contributed by atoms with Crippen LogP contribution in [0.15, 0.2) is 48.5 Å². The molecule has 148 valence electrons. The normalized spacial score (nSPS) is 17.9. The van der Waals surface area contributed by atoms with E-state index in [-0.39, 0.29) is 5.92 Å². The molecule has 0 N–H and O–H groups in total. The van der Waals surface area contributed by atoms with Gasteiger partial charge in [0.2, 0.25) is 5.91 Å². The van der Waals surface area contributed by atoms with Crippen molar-refractivity contribution in [1.82, 2.24) is 9.80 Å². The van der Waals surface area contributed by atoms with Gasteiger partial charge in [0, 0.05) is 32.1 Å². The molecule has 28 heavy (non-hydrogen) atoms. The SMILES string of the molecule is CCC(CC)C(=O)N1CCN(C2c3ccccc3CCc3ccccc32)CC1. The molecule has 0 radical (unpaired) electrons. The molecule has 1 heterocycles. The van der Waals surface area contributed by atoms with E-state index in [9.17, 15) is 4.79 Å². The predicted octanol–water partition coefficient (Wildman–Crippen LogP) is 4.46. The van der Waals surface area contributed by atoms with E-state index in [2.05, 4.69) is 72.2 Å². The molecule has 4 rings (SSSR count). The van der Waals surface area contributed by atoms with Crippen LogP contribution in [-0.4, -0.2) is 41.9 Å². The predicted molar refractivity (Wildman–Crippen MR) is 114 cm³/mol. The molecule has 2 aliphatic rings. The third-order valence-electron chi connectivity index (χ3n) is 6.69. The molecule has 3 heteroatoms. The second-order valence-corrected chi connectivity index (χ2v) is 8.17. The number of rotatable bonds is 4. The van der Waals surface area contributed by atoms with E-state index in [0.717, 1.165) is 51.9 Å². The summed E-state index contributed by atoms with van der Waals surface area (Å²) in [6.45, 7) is 7.83. The molecular weight excluding hydrogens is 344 g/mol. The number of piperazine rings is 1. The van der Waals surface area contributed by atoms with Gasteiger partial charge in [-0.15, -0.1) is 0 Å². The molecule has 0 unspecified atom stereocenters. The van der Waals surface area contributed by atoms with E-state index in [0.29, 0.717) is 11.9 Å². The maximum atomic E-state index is 12.8. The first-order valence-electron chi connectivity index (χ1n) is 10.9. The molecule has 1 aliphatic heterocycles. The third kappa shape index (κ3) is 3.60. The Morgan fingerprint density at radius 3 is 1.86 bits per heavy atom. The van der Waals surface area contributed by atoms with Crippen LogP contribution in [0.1, 0.15) is 55.0 Å². The maximum Gasteiger partial charge on any atom is 0.225 e. The summed E-state index contributed by atoms with van der Waals surface area (Å²) in [7, 11) is 0. The standard InChI is InChI=1S/C25H32N2O/c1-3-19(4-2)25(28)27-17-15-26(16-18-27)24-22-11-7-5-9-20(22)13-14-21-10-6-8-12-23(21)24/h5-12,19,24H,3-4,13-18H2,1-2H3. The highest BCUT2D eigenvalue weighted by Gasteiger charge is 2.32. The van der Waals surface area contributed by atoms with Crippen LogP contribution in [-0.2, 0) is 17.6 Å².